The number of amides is 2. The molecule has 0 aliphatic carbocycles. The Kier molecular flexibility index (Phi) is 8.83. The van der Waals surface area contributed by atoms with Crippen LogP contribution in [0.5, 0.6) is 5.75 Å². The smallest absolute Gasteiger partial charge is 0.416 e. The first-order valence-corrected chi connectivity index (χ1v) is 12.2. The van der Waals surface area contributed by atoms with Crippen molar-refractivity contribution in [2.45, 2.75) is 12.6 Å². The van der Waals surface area contributed by atoms with Crippen molar-refractivity contribution >= 4 is 28.9 Å². The number of carbonyl (C=O) groups excluding carboxylic acids is 2. The normalized spacial score (nSPS) is 10.9. The molecule has 0 aromatic heterocycles. The summed E-state index contributed by atoms with van der Waals surface area (Å²) in [6.45, 7) is 0.486. The summed E-state index contributed by atoms with van der Waals surface area (Å²) >= 11 is 0. The fourth-order valence-electron chi connectivity index (χ4n) is 3.73. The van der Waals surface area contributed by atoms with Gasteiger partial charge in [0.05, 0.1) is 18.7 Å². The Labute approximate surface area is 223 Å². The van der Waals surface area contributed by atoms with Crippen LogP contribution < -0.4 is 20.7 Å². The van der Waals surface area contributed by atoms with E-state index < -0.39 is 17.6 Å². The lowest BCUT2D eigenvalue weighted by Gasteiger charge is -2.12. The predicted molar refractivity (Wildman–Crippen MR) is 145 cm³/mol. The number of halogens is 3. The second kappa shape index (κ2) is 12.6. The average Bonchev–Trinajstić information content (AvgIpc) is 2.93. The second-order valence-corrected chi connectivity index (χ2v) is 8.63. The molecule has 0 spiro atoms. The maximum absolute atomic E-state index is 12.9. The minimum Gasteiger partial charge on any atom is -0.493 e. The van der Waals surface area contributed by atoms with Crippen molar-refractivity contribution in [3.63, 3.8) is 0 Å². The lowest BCUT2D eigenvalue weighted by atomic mass is 10.1. The fraction of sp³-hybridized carbons (Fsp3) is 0.133. The van der Waals surface area contributed by atoms with Crippen LogP contribution in [0, 0.1) is 0 Å². The van der Waals surface area contributed by atoms with Gasteiger partial charge in [0.25, 0.3) is 5.91 Å². The van der Waals surface area contributed by atoms with Gasteiger partial charge in [0.15, 0.2) is 0 Å². The van der Waals surface area contributed by atoms with Crippen LogP contribution in [0.1, 0.15) is 21.5 Å². The van der Waals surface area contributed by atoms with Gasteiger partial charge in [-0.1, -0.05) is 48.5 Å². The molecule has 4 aromatic rings. The van der Waals surface area contributed by atoms with Crippen LogP contribution in [-0.2, 0) is 17.4 Å². The number of ether oxygens (including phenoxy) is 1. The van der Waals surface area contributed by atoms with Gasteiger partial charge in [-0.15, -0.1) is 0 Å². The van der Waals surface area contributed by atoms with Crippen molar-refractivity contribution in [1.82, 2.24) is 0 Å². The first kappa shape index (κ1) is 27.3. The van der Waals surface area contributed by atoms with E-state index in [2.05, 4.69) is 16.0 Å². The zero-order chi connectivity index (χ0) is 27.7. The molecule has 0 heterocycles. The van der Waals surface area contributed by atoms with Crippen molar-refractivity contribution < 1.29 is 27.5 Å². The lowest BCUT2D eigenvalue weighted by molar-refractivity contribution is -0.137. The van der Waals surface area contributed by atoms with Gasteiger partial charge in [0.2, 0.25) is 5.91 Å². The monoisotopic (exact) mass is 533 g/mol. The molecule has 0 aliphatic rings. The van der Waals surface area contributed by atoms with Crippen LogP contribution in [0.15, 0.2) is 103 Å². The summed E-state index contributed by atoms with van der Waals surface area (Å²) in [4.78, 5) is 25.1. The van der Waals surface area contributed by atoms with E-state index in [1.165, 1.54) is 29.8 Å². The van der Waals surface area contributed by atoms with E-state index in [1.807, 2.05) is 48.5 Å². The summed E-state index contributed by atoms with van der Waals surface area (Å²) in [5.41, 5.74) is 1.59. The Bertz CT molecular complexity index is 1430. The van der Waals surface area contributed by atoms with E-state index in [0.717, 1.165) is 18.6 Å². The number of benzene rings is 4. The number of hydrogen-bond donors (Lipinski definition) is 3. The molecule has 0 radical (unpaired) electrons. The van der Waals surface area contributed by atoms with Gasteiger partial charge in [-0.05, 0) is 54.1 Å². The molecule has 0 bridgehead atoms. The van der Waals surface area contributed by atoms with Gasteiger partial charge >= 0.3 is 6.18 Å². The number of hydrogen-bond acceptors (Lipinski definition) is 4. The molecule has 200 valence electrons. The summed E-state index contributed by atoms with van der Waals surface area (Å²) in [6, 6.07) is 27.8. The summed E-state index contributed by atoms with van der Waals surface area (Å²) < 4.78 is 44.6. The minimum absolute atomic E-state index is 0.0136. The zero-order valence-corrected chi connectivity index (χ0v) is 20.8. The Morgan fingerprint density at radius 1 is 0.718 bits per heavy atom. The van der Waals surface area contributed by atoms with Gasteiger partial charge in [-0.25, -0.2) is 0 Å². The van der Waals surface area contributed by atoms with Crippen molar-refractivity contribution in [2.75, 3.05) is 29.1 Å². The molecule has 4 aromatic carbocycles. The molecule has 0 fully saturated rings. The van der Waals surface area contributed by atoms with Gasteiger partial charge in [-0.2, -0.15) is 13.2 Å². The third-order valence-corrected chi connectivity index (χ3v) is 5.65. The molecule has 6 nitrogen and oxygen atoms in total. The van der Waals surface area contributed by atoms with E-state index in [1.54, 1.807) is 18.2 Å². The molecule has 4 rings (SSSR count). The standard InChI is InChI=1S/C30H26F3N3O3/c31-30(32,33)23-10-5-13-26(18-23)36-29(38)22-9-4-12-25(17-22)35-28(37)20-34-24-11-6-14-27(19-24)39-16-15-21-7-2-1-3-8-21/h1-14,17-19,34H,15-16,20H2,(H,35,37)(H,36,38). The highest BCUT2D eigenvalue weighted by molar-refractivity contribution is 6.05. The van der Waals surface area contributed by atoms with Crippen molar-refractivity contribution in [3.8, 4) is 5.75 Å². The van der Waals surface area contributed by atoms with Crippen molar-refractivity contribution in [1.29, 1.82) is 0 Å². The SMILES string of the molecule is O=C(CNc1cccc(OCCc2ccccc2)c1)Nc1cccc(C(=O)Nc2cccc(C(F)(F)F)c2)c1. The second-order valence-electron chi connectivity index (χ2n) is 8.63. The Morgan fingerprint density at radius 3 is 2.18 bits per heavy atom. The predicted octanol–water partition coefficient (Wildman–Crippen LogP) is 6.63. The quantitative estimate of drug-likeness (QED) is 0.214. The number of rotatable bonds is 10. The fourth-order valence-corrected chi connectivity index (χ4v) is 3.73. The maximum Gasteiger partial charge on any atom is 0.416 e. The Hall–Kier alpha value is -4.79. The largest absolute Gasteiger partial charge is 0.493 e. The zero-order valence-electron chi connectivity index (χ0n) is 20.8. The number of alkyl halides is 3. The third-order valence-electron chi connectivity index (χ3n) is 5.65. The third kappa shape index (κ3) is 8.36. The highest BCUT2D eigenvalue weighted by Crippen LogP contribution is 2.30. The van der Waals surface area contributed by atoms with Crippen LogP contribution in [0.4, 0.5) is 30.2 Å². The number of anilines is 3. The molecule has 0 saturated carbocycles. The van der Waals surface area contributed by atoms with E-state index in [0.29, 0.717) is 23.7 Å². The molecule has 39 heavy (non-hydrogen) atoms. The molecular weight excluding hydrogens is 507 g/mol. The van der Waals surface area contributed by atoms with E-state index in [-0.39, 0.29) is 23.7 Å². The van der Waals surface area contributed by atoms with E-state index >= 15 is 0 Å². The van der Waals surface area contributed by atoms with Crippen LogP contribution >= 0.6 is 0 Å². The van der Waals surface area contributed by atoms with Crippen LogP contribution in [0.3, 0.4) is 0 Å². The summed E-state index contributed by atoms with van der Waals surface area (Å²) in [7, 11) is 0. The molecule has 0 aliphatic heterocycles. The van der Waals surface area contributed by atoms with Crippen molar-refractivity contribution in [2.24, 2.45) is 0 Å². The minimum atomic E-state index is -4.52. The first-order valence-electron chi connectivity index (χ1n) is 12.2. The lowest BCUT2D eigenvalue weighted by Crippen LogP contribution is -2.22. The topological polar surface area (TPSA) is 79.5 Å². The van der Waals surface area contributed by atoms with Crippen LogP contribution in [0.25, 0.3) is 0 Å². The van der Waals surface area contributed by atoms with Crippen LogP contribution in [-0.4, -0.2) is 25.0 Å². The van der Waals surface area contributed by atoms with E-state index in [9.17, 15) is 22.8 Å². The highest BCUT2D eigenvalue weighted by Gasteiger charge is 2.30. The van der Waals surface area contributed by atoms with Crippen molar-refractivity contribution in [3.05, 3.63) is 120 Å². The maximum atomic E-state index is 12.9. The van der Waals surface area contributed by atoms with Gasteiger partial charge in [0, 0.05) is 35.1 Å². The molecule has 9 heteroatoms. The van der Waals surface area contributed by atoms with Gasteiger partial charge < -0.3 is 20.7 Å². The Balaban J connectivity index is 1.28. The molecular formula is C30H26F3N3O3. The Morgan fingerprint density at radius 2 is 1.41 bits per heavy atom. The summed E-state index contributed by atoms with van der Waals surface area (Å²) in [5.74, 6) is -0.274. The molecule has 0 atom stereocenters. The average molecular weight is 534 g/mol. The number of nitrogens with one attached hydrogen (secondary N) is 3. The first-order chi connectivity index (χ1) is 18.8. The van der Waals surface area contributed by atoms with E-state index in [4.69, 9.17) is 4.74 Å². The van der Waals surface area contributed by atoms with Crippen LogP contribution in [0.2, 0.25) is 0 Å². The van der Waals surface area contributed by atoms with Gasteiger partial charge in [0.1, 0.15) is 5.75 Å². The molecule has 0 saturated heterocycles. The molecule has 0 unspecified atom stereocenters. The van der Waals surface area contributed by atoms with Gasteiger partial charge in [-0.3, -0.25) is 9.59 Å². The molecule has 3 N–H and O–H groups in total. The number of carbonyl (C=O) groups is 2. The summed E-state index contributed by atoms with van der Waals surface area (Å²) in [5, 5.41) is 8.19. The summed E-state index contributed by atoms with van der Waals surface area (Å²) in [6.07, 6.45) is -3.74. The highest BCUT2D eigenvalue weighted by atomic mass is 19.4. The molecule has 2 amide bonds.